The maximum atomic E-state index is 13.2. The highest BCUT2D eigenvalue weighted by Gasteiger charge is 2.49. The first kappa shape index (κ1) is 18.4. The fraction of sp³-hybridized carbons (Fsp3) is 0.619. The molecule has 2 aliphatic heterocycles. The van der Waals surface area contributed by atoms with Crippen LogP contribution in [0.4, 0.5) is 0 Å². The molecule has 8 nitrogen and oxygen atoms in total. The number of rotatable bonds is 2. The number of nitrogens with one attached hydrogen (secondary N) is 2. The quantitative estimate of drug-likeness (QED) is 0.810. The molecule has 0 saturated carbocycles. The topological polar surface area (TPSA) is 98.0 Å². The van der Waals surface area contributed by atoms with Gasteiger partial charge in [0.25, 0.3) is 5.91 Å². The second-order valence-electron chi connectivity index (χ2n) is 8.44. The molecule has 1 spiro atoms. The smallest absolute Gasteiger partial charge is 0.274 e. The van der Waals surface area contributed by atoms with Crippen LogP contribution in [0, 0.1) is 0 Å². The first-order valence-electron chi connectivity index (χ1n) is 10.8. The predicted octanol–water partition coefficient (Wildman–Crippen LogP) is 1.94. The van der Waals surface area contributed by atoms with E-state index in [-0.39, 0.29) is 11.8 Å². The van der Waals surface area contributed by atoms with Crippen molar-refractivity contribution in [2.24, 2.45) is 0 Å². The van der Waals surface area contributed by atoms with E-state index in [9.17, 15) is 9.59 Å². The van der Waals surface area contributed by atoms with Gasteiger partial charge in [0.15, 0.2) is 5.69 Å². The summed E-state index contributed by atoms with van der Waals surface area (Å²) in [5.41, 5.74) is 4.56. The minimum absolute atomic E-state index is 0.0191. The molecule has 0 aromatic carbocycles. The van der Waals surface area contributed by atoms with Crippen molar-refractivity contribution < 1.29 is 9.59 Å². The number of H-pyrrole nitrogens is 2. The van der Waals surface area contributed by atoms with Gasteiger partial charge in [-0.05, 0) is 38.5 Å². The fourth-order valence-electron chi connectivity index (χ4n) is 5.43. The van der Waals surface area contributed by atoms with E-state index in [2.05, 4.69) is 20.2 Å². The molecule has 1 aliphatic carbocycles. The van der Waals surface area contributed by atoms with Crippen LogP contribution < -0.4 is 0 Å². The van der Waals surface area contributed by atoms with Gasteiger partial charge in [-0.2, -0.15) is 5.10 Å². The summed E-state index contributed by atoms with van der Waals surface area (Å²) < 4.78 is 0. The number of hydrogen-bond acceptors (Lipinski definition) is 4. The van der Waals surface area contributed by atoms with Gasteiger partial charge in [0, 0.05) is 49.4 Å². The average Bonchev–Trinajstić information content (AvgIpc) is 3.41. The Kier molecular flexibility index (Phi) is 4.44. The number of carbonyl (C=O) groups is 2. The Balaban J connectivity index is 1.39. The average molecular weight is 396 g/mol. The summed E-state index contributed by atoms with van der Waals surface area (Å²) >= 11 is 0. The van der Waals surface area contributed by atoms with E-state index in [4.69, 9.17) is 0 Å². The van der Waals surface area contributed by atoms with Crippen LogP contribution in [0.5, 0.6) is 0 Å². The van der Waals surface area contributed by atoms with Crippen LogP contribution in [0.1, 0.15) is 72.2 Å². The molecular weight excluding hydrogens is 368 g/mol. The largest absolute Gasteiger partial charge is 0.348 e. The number of aryl methyl sites for hydroxylation is 1. The van der Waals surface area contributed by atoms with Gasteiger partial charge in [-0.15, -0.1) is 0 Å². The molecule has 154 valence electrons. The number of aromatic amines is 2. The molecule has 0 unspecified atom stereocenters. The van der Waals surface area contributed by atoms with Gasteiger partial charge in [0.2, 0.25) is 5.91 Å². The van der Waals surface area contributed by atoms with E-state index in [0.29, 0.717) is 31.7 Å². The van der Waals surface area contributed by atoms with Crippen molar-refractivity contribution in [3.63, 3.8) is 0 Å². The molecule has 1 fully saturated rings. The highest BCUT2D eigenvalue weighted by Crippen LogP contribution is 2.42. The summed E-state index contributed by atoms with van der Waals surface area (Å²) in [7, 11) is 0. The molecule has 0 atom stereocenters. The van der Waals surface area contributed by atoms with Crippen LogP contribution in [0.15, 0.2) is 6.33 Å². The summed E-state index contributed by atoms with van der Waals surface area (Å²) in [6, 6.07) is 0. The molecule has 8 heteroatoms. The third kappa shape index (κ3) is 2.80. The van der Waals surface area contributed by atoms with Crippen LogP contribution in [-0.2, 0) is 29.6 Å². The SMILES string of the molecule is CCC(=O)N1CCc2[nH]cnc2C12CCN(C(=O)c1n[nH]c3c1CCCC3)CC2. The third-order valence-corrected chi connectivity index (χ3v) is 7.00. The number of nitrogens with zero attached hydrogens (tertiary/aromatic N) is 4. The number of hydrogen-bond donors (Lipinski definition) is 2. The second kappa shape index (κ2) is 7.00. The molecule has 2 aromatic heterocycles. The van der Waals surface area contributed by atoms with Gasteiger partial charge in [0.05, 0.1) is 17.6 Å². The number of likely N-dealkylation sites (tertiary alicyclic amines) is 1. The van der Waals surface area contributed by atoms with E-state index in [1.54, 1.807) is 6.33 Å². The Labute approximate surface area is 170 Å². The number of piperidine rings is 1. The Morgan fingerprint density at radius 2 is 1.90 bits per heavy atom. The van der Waals surface area contributed by atoms with E-state index in [1.165, 1.54) is 0 Å². The lowest BCUT2D eigenvalue weighted by molar-refractivity contribution is -0.141. The zero-order chi connectivity index (χ0) is 20.0. The van der Waals surface area contributed by atoms with Crippen LogP contribution in [0.2, 0.25) is 0 Å². The molecule has 3 aliphatic rings. The summed E-state index contributed by atoms with van der Waals surface area (Å²) in [5, 5.41) is 7.44. The van der Waals surface area contributed by atoms with Crippen molar-refractivity contribution in [3.05, 3.63) is 34.7 Å². The van der Waals surface area contributed by atoms with Gasteiger partial charge in [-0.3, -0.25) is 14.7 Å². The van der Waals surface area contributed by atoms with Crippen LogP contribution in [0.25, 0.3) is 0 Å². The van der Waals surface area contributed by atoms with Gasteiger partial charge in [0.1, 0.15) is 0 Å². The third-order valence-electron chi connectivity index (χ3n) is 7.00. The van der Waals surface area contributed by atoms with E-state index in [1.807, 2.05) is 16.7 Å². The van der Waals surface area contributed by atoms with Gasteiger partial charge < -0.3 is 14.8 Å². The maximum absolute atomic E-state index is 13.2. The zero-order valence-corrected chi connectivity index (χ0v) is 17.0. The second-order valence-corrected chi connectivity index (χ2v) is 8.44. The van der Waals surface area contributed by atoms with E-state index < -0.39 is 5.54 Å². The van der Waals surface area contributed by atoms with Crippen molar-refractivity contribution in [2.75, 3.05) is 19.6 Å². The summed E-state index contributed by atoms with van der Waals surface area (Å²) in [6.45, 7) is 3.85. The Morgan fingerprint density at radius 3 is 2.69 bits per heavy atom. The molecule has 2 N–H and O–H groups in total. The van der Waals surface area contributed by atoms with Crippen molar-refractivity contribution >= 4 is 11.8 Å². The number of fused-ring (bicyclic) bond motifs is 3. The molecule has 4 heterocycles. The van der Waals surface area contributed by atoms with Crippen molar-refractivity contribution in [1.29, 1.82) is 0 Å². The normalized spacial score (nSPS) is 20.4. The minimum atomic E-state index is -0.400. The predicted molar refractivity (Wildman–Crippen MR) is 106 cm³/mol. The number of carbonyl (C=O) groups excluding carboxylic acids is 2. The Bertz CT molecular complexity index is 937. The molecule has 2 amide bonds. The standard InChI is InChI=1S/C21H28N6O2/c1-2-17(28)27-10-7-16-19(23-13-22-16)21(27)8-11-26(12-9-21)20(29)18-14-5-3-4-6-15(14)24-25-18/h13H,2-12H2,1H3,(H,22,23)(H,24,25). The van der Waals surface area contributed by atoms with Crippen molar-refractivity contribution in [2.45, 2.75) is 63.8 Å². The summed E-state index contributed by atoms with van der Waals surface area (Å²) in [5.74, 6) is 0.186. The van der Waals surface area contributed by atoms with E-state index in [0.717, 1.165) is 67.6 Å². The van der Waals surface area contributed by atoms with Gasteiger partial charge >= 0.3 is 0 Å². The molecule has 2 aromatic rings. The summed E-state index contributed by atoms with van der Waals surface area (Å²) in [4.78, 5) is 37.7. The Morgan fingerprint density at radius 1 is 1.10 bits per heavy atom. The first-order valence-corrected chi connectivity index (χ1v) is 10.8. The lowest BCUT2D eigenvalue weighted by Crippen LogP contribution is -2.58. The number of amides is 2. The first-order chi connectivity index (χ1) is 14.1. The fourth-order valence-corrected chi connectivity index (χ4v) is 5.43. The molecule has 1 saturated heterocycles. The van der Waals surface area contributed by atoms with Crippen LogP contribution >= 0.6 is 0 Å². The molecular formula is C21H28N6O2. The van der Waals surface area contributed by atoms with Crippen molar-refractivity contribution in [1.82, 2.24) is 30.0 Å². The molecule has 29 heavy (non-hydrogen) atoms. The van der Waals surface area contributed by atoms with Crippen LogP contribution in [-0.4, -0.2) is 61.4 Å². The Hall–Kier alpha value is -2.64. The monoisotopic (exact) mass is 396 g/mol. The van der Waals surface area contributed by atoms with Gasteiger partial charge in [-0.25, -0.2) is 4.98 Å². The minimum Gasteiger partial charge on any atom is -0.348 e. The van der Waals surface area contributed by atoms with Crippen molar-refractivity contribution in [3.8, 4) is 0 Å². The molecule has 0 bridgehead atoms. The van der Waals surface area contributed by atoms with Crippen LogP contribution in [0.3, 0.4) is 0 Å². The molecule has 5 rings (SSSR count). The lowest BCUT2D eigenvalue weighted by atomic mass is 9.78. The number of aromatic nitrogens is 4. The van der Waals surface area contributed by atoms with Gasteiger partial charge in [-0.1, -0.05) is 6.92 Å². The maximum Gasteiger partial charge on any atom is 0.274 e. The number of imidazole rings is 1. The summed E-state index contributed by atoms with van der Waals surface area (Å²) in [6.07, 6.45) is 8.65. The lowest BCUT2D eigenvalue weighted by Gasteiger charge is -2.50. The highest BCUT2D eigenvalue weighted by molar-refractivity contribution is 5.94. The van der Waals surface area contributed by atoms with E-state index >= 15 is 0 Å². The zero-order valence-electron chi connectivity index (χ0n) is 17.0. The molecule has 0 radical (unpaired) electrons. The highest BCUT2D eigenvalue weighted by atomic mass is 16.2.